The molecule has 0 spiro atoms. The highest BCUT2D eigenvalue weighted by Crippen LogP contribution is 2.41. The van der Waals surface area contributed by atoms with E-state index in [0.717, 1.165) is 64.5 Å². The van der Waals surface area contributed by atoms with Crippen LogP contribution in [-0.4, -0.2) is 57.8 Å². The molecule has 4 aromatic carbocycles. The Labute approximate surface area is 273 Å². The third kappa shape index (κ3) is 7.08. The van der Waals surface area contributed by atoms with Gasteiger partial charge in [-0.15, -0.1) is 0 Å². The maximum atomic E-state index is 13.4. The molecule has 0 aromatic heterocycles. The summed E-state index contributed by atoms with van der Waals surface area (Å²) < 4.78 is 49.0. The Hall–Kier alpha value is -4.95. The zero-order valence-electron chi connectivity index (χ0n) is 26.8. The van der Waals surface area contributed by atoms with E-state index in [-0.39, 0.29) is 24.0 Å². The largest absolute Gasteiger partial charge is 0.497 e. The predicted molar refractivity (Wildman–Crippen MR) is 178 cm³/mol. The second-order valence-electron chi connectivity index (χ2n) is 11.7. The number of benzene rings is 4. The van der Waals surface area contributed by atoms with Crippen molar-refractivity contribution in [3.63, 3.8) is 0 Å². The fourth-order valence-corrected chi connectivity index (χ4v) is 6.26. The Morgan fingerprint density at radius 3 is 1.70 bits per heavy atom. The van der Waals surface area contributed by atoms with Crippen molar-refractivity contribution in [2.75, 3.05) is 47.1 Å². The Morgan fingerprint density at radius 1 is 0.702 bits per heavy atom. The van der Waals surface area contributed by atoms with Crippen molar-refractivity contribution in [3.05, 3.63) is 130 Å². The first-order chi connectivity index (χ1) is 22.8. The van der Waals surface area contributed by atoms with Crippen LogP contribution in [0, 0.1) is 11.6 Å². The van der Waals surface area contributed by atoms with Crippen molar-refractivity contribution >= 4 is 16.9 Å². The molecule has 7 rings (SSSR count). The van der Waals surface area contributed by atoms with Crippen LogP contribution in [0.2, 0.25) is 0 Å². The SMILES string of the molecule is COc1ccc2c(c1)C(c1ccc(F)cc1)=C(C(C)=O)CO2.COc1ccc2c(c1)C(c1ccc(F)cc1)=C(CN1CCCC1)CO2. The number of ether oxygens (including phenoxy) is 4. The number of methoxy groups -OCH3 is 2. The van der Waals surface area contributed by atoms with Crippen LogP contribution in [0.4, 0.5) is 8.78 Å². The highest BCUT2D eigenvalue weighted by Gasteiger charge is 2.26. The van der Waals surface area contributed by atoms with Crippen LogP contribution in [0.5, 0.6) is 23.0 Å². The van der Waals surface area contributed by atoms with Crippen LogP contribution in [0.25, 0.3) is 11.1 Å². The van der Waals surface area contributed by atoms with Crippen LogP contribution >= 0.6 is 0 Å². The van der Waals surface area contributed by atoms with Gasteiger partial charge in [0.1, 0.15) is 47.8 Å². The zero-order chi connectivity index (χ0) is 32.9. The smallest absolute Gasteiger partial charge is 0.159 e. The first kappa shape index (κ1) is 32.0. The second kappa shape index (κ2) is 14.2. The normalized spacial score (nSPS) is 15.5. The van der Waals surface area contributed by atoms with Gasteiger partial charge in [0.25, 0.3) is 0 Å². The predicted octanol–water partition coefficient (Wildman–Crippen LogP) is 7.74. The first-order valence-electron chi connectivity index (χ1n) is 15.7. The van der Waals surface area contributed by atoms with E-state index in [2.05, 4.69) is 4.90 Å². The van der Waals surface area contributed by atoms with Crippen molar-refractivity contribution in [2.45, 2.75) is 19.8 Å². The summed E-state index contributed by atoms with van der Waals surface area (Å²) in [6, 6.07) is 24.2. The molecule has 3 aliphatic rings. The number of rotatable bonds is 7. The number of Topliss-reactive ketones (excluding diaryl/α,β-unsaturated/α-hetero) is 1. The van der Waals surface area contributed by atoms with Gasteiger partial charge in [0.05, 0.1) is 14.2 Å². The number of ketones is 1. The standard InChI is InChI=1S/C21H22FNO2.C18H15FO3/c1-24-18-8-9-20-19(12-18)21(15-4-6-17(22)7-5-15)16(14-25-20)13-23-10-2-3-11-23;1-11(20)16-10-22-17-8-7-14(21-2)9-15(17)18(16)12-3-5-13(19)6-4-12/h4-9,12H,2-3,10-11,13-14H2,1H3;3-9H,10H2,1-2H3. The van der Waals surface area contributed by atoms with Gasteiger partial charge in [0.15, 0.2) is 5.78 Å². The highest BCUT2D eigenvalue weighted by molar-refractivity contribution is 6.06. The van der Waals surface area contributed by atoms with Gasteiger partial charge >= 0.3 is 0 Å². The fourth-order valence-electron chi connectivity index (χ4n) is 6.26. The molecule has 1 fully saturated rings. The van der Waals surface area contributed by atoms with E-state index in [4.69, 9.17) is 18.9 Å². The van der Waals surface area contributed by atoms with Crippen LogP contribution in [0.3, 0.4) is 0 Å². The van der Waals surface area contributed by atoms with Gasteiger partial charge in [-0.2, -0.15) is 0 Å². The maximum Gasteiger partial charge on any atom is 0.159 e. The van der Waals surface area contributed by atoms with Gasteiger partial charge in [-0.05, 0) is 116 Å². The Morgan fingerprint density at radius 2 is 1.19 bits per heavy atom. The van der Waals surface area contributed by atoms with Gasteiger partial charge in [0, 0.05) is 28.8 Å². The van der Waals surface area contributed by atoms with Crippen molar-refractivity contribution < 1.29 is 32.5 Å². The Bertz CT molecular complexity index is 1820. The molecule has 1 saturated heterocycles. The molecule has 47 heavy (non-hydrogen) atoms. The molecule has 0 aliphatic carbocycles. The summed E-state index contributed by atoms with van der Waals surface area (Å²) in [7, 11) is 3.25. The van der Waals surface area contributed by atoms with Crippen LogP contribution in [0.1, 0.15) is 42.0 Å². The third-order valence-corrected chi connectivity index (χ3v) is 8.65. The molecule has 6 nitrogen and oxygen atoms in total. The third-order valence-electron chi connectivity index (χ3n) is 8.65. The molecular formula is C39H37F2NO5. The number of carbonyl (C=O) groups excluding carboxylic acids is 1. The number of carbonyl (C=O) groups is 1. The number of halogens is 2. The van der Waals surface area contributed by atoms with Crippen molar-refractivity contribution in [3.8, 4) is 23.0 Å². The van der Waals surface area contributed by atoms with E-state index in [1.165, 1.54) is 49.6 Å². The highest BCUT2D eigenvalue weighted by atomic mass is 19.1. The average molecular weight is 638 g/mol. The van der Waals surface area contributed by atoms with Crippen LogP contribution in [-0.2, 0) is 4.79 Å². The minimum atomic E-state index is -0.313. The van der Waals surface area contributed by atoms with E-state index in [1.54, 1.807) is 32.4 Å². The molecule has 3 heterocycles. The van der Waals surface area contributed by atoms with E-state index < -0.39 is 0 Å². The van der Waals surface area contributed by atoms with Crippen molar-refractivity contribution in [1.29, 1.82) is 0 Å². The second-order valence-corrected chi connectivity index (χ2v) is 11.7. The number of nitrogens with zero attached hydrogens (tertiary/aromatic N) is 1. The van der Waals surface area contributed by atoms with Gasteiger partial charge in [0.2, 0.25) is 0 Å². The molecule has 242 valence electrons. The maximum absolute atomic E-state index is 13.4. The minimum Gasteiger partial charge on any atom is -0.497 e. The van der Waals surface area contributed by atoms with Gasteiger partial charge < -0.3 is 18.9 Å². The molecule has 0 bridgehead atoms. The number of hydrogen-bond donors (Lipinski definition) is 0. The van der Waals surface area contributed by atoms with Gasteiger partial charge in [-0.1, -0.05) is 24.3 Å². The zero-order valence-corrected chi connectivity index (χ0v) is 26.8. The first-order valence-corrected chi connectivity index (χ1v) is 15.7. The molecule has 0 amide bonds. The van der Waals surface area contributed by atoms with E-state index in [9.17, 15) is 13.6 Å². The lowest BCUT2D eigenvalue weighted by molar-refractivity contribution is -0.113. The molecule has 8 heteroatoms. The van der Waals surface area contributed by atoms with Crippen LogP contribution in [0.15, 0.2) is 96.1 Å². The number of fused-ring (bicyclic) bond motifs is 2. The molecule has 0 N–H and O–H groups in total. The fraction of sp³-hybridized carbons (Fsp3) is 0.256. The van der Waals surface area contributed by atoms with Crippen LogP contribution < -0.4 is 18.9 Å². The molecular weight excluding hydrogens is 600 g/mol. The van der Waals surface area contributed by atoms with Gasteiger partial charge in [-0.3, -0.25) is 9.69 Å². The van der Waals surface area contributed by atoms with Crippen molar-refractivity contribution in [1.82, 2.24) is 4.90 Å². The molecule has 0 saturated carbocycles. The summed E-state index contributed by atoms with van der Waals surface area (Å²) in [5, 5.41) is 0. The molecule has 4 aromatic rings. The summed E-state index contributed by atoms with van der Waals surface area (Å²) in [6.45, 7) is 5.44. The summed E-state index contributed by atoms with van der Waals surface area (Å²) in [4.78, 5) is 14.4. The lowest BCUT2D eigenvalue weighted by Gasteiger charge is -2.27. The Balaban J connectivity index is 0.000000166. The summed E-state index contributed by atoms with van der Waals surface area (Å²) in [6.07, 6.45) is 2.51. The minimum absolute atomic E-state index is 0.0622. The molecule has 0 atom stereocenters. The number of hydrogen-bond acceptors (Lipinski definition) is 6. The monoisotopic (exact) mass is 637 g/mol. The molecule has 0 unspecified atom stereocenters. The van der Waals surface area contributed by atoms with E-state index in [1.807, 2.05) is 42.5 Å². The number of likely N-dealkylation sites (tertiary alicyclic amines) is 1. The summed E-state index contributed by atoms with van der Waals surface area (Å²) >= 11 is 0. The Kier molecular flexibility index (Phi) is 9.68. The van der Waals surface area contributed by atoms with E-state index in [0.29, 0.717) is 23.7 Å². The van der Waals surface area contributed by atoms with E-state index >= 15 is 0 Å². The van der Waals surface area contributed by atoms with Crippen molar-refractivity contribution in [2.24, 2.45) is 0 Å². The summed E-state index contributed by atoms with van der Waals surface area (Å²) in [5.41, 5.74) is 7.34. The molecule has 0 radical (unpaired) electrons. The molecule has 3 aliphatic heterocycles. The lowest BCUT2D eigenvalue weighted by Crippen LogP contribution is -2.26. The quantitative estimate of drug-likeness (QED) is 0.207. The lowest BCUT2D eigenvalue weighted by atomic mass is 9.89. The average Bonchev–Trinajstić information content (AvgIpc) is 3.61. The van der Waals surface area contributed by atoms with Gasteiger partial charge in [-0.25, -0.2) is 8.78 Å². The summed E-state index contributed by atoms with van der Waals surface area (Å²) in [5.74, 6) is 2.41. The topological polar surface area (TPSA) is 57.2 Å².